The number of hydrogen-bond acceptors (Lipinski definition) is 4. The minimum atomic E-state index is -1.22. The Morgan fingerprint density at radius 2 is 1.78 bits per heavy atom. The number of aromatic nitrogens is 1. The molecule has 2 amide bonds. The number of rotatable bonds is 3. The van der Waals surface area contributed by atoms with E-state index in [1.165, 1.54) is 21.6 Å². The van der Waals surface area contributed by atoms with E-state index >= 15 is 0 Å². The van der Waals surface area contributed by atoms with Gasteiger partial charge in [0.15, 0.2) is 11.4 Å². The standard InChI is InChI=1S/C25H19F4N3O4/c26-13-8-18(28)15(19(29)9-13)10-30-24(35)16-11-32-14-5-4-12-2-1-3-17(27)20(12)31(7-6-14)25(36)21(32)23(34)22(16)33/h1-3,8-9,11,14,34H,4-7,10H2,(H,30,35)/t14-/m1/s1. The predicted molar refractivity (Wildman–Crippen MR) is 120 cm³/mol. The van der Waals surface area contributed by atoms with E-state index in [1.54, 1.807) is 6.07 Å². The molecule has 0 saturated heterocycles. The molecule has 0 aliphatic carbocycles. The van der Waals surface area contributed by atoms with Gasteiger partial charge in [-0.3, -0.25) is 14.4 Å². The molecule has 1 atom stereocenters. The first-order valence-corrected chi connectivity index (χ1v) is 11.2. The fraction of sp³-hybridized carbons (Fsp3) is 0.240. The number of para-hydroxylation sites is 1. The van der Waals surface area contributed by atoms with Gasteiger partial charge in [-0.05, 0) is 30.9 Å². The van der Waals surface area contributed by atoms with E-state index in [1.807, 2.05) is 0 Å². The van der Waals surface area contributed by atoms with Crippen molar-refractivity contribution in [2.75, 3.05) is 11.4 Å². The first kappa shape index (κ1) is 23.6. The summed E-state index contributed by atoms with van der Waals surface area (Å²) in [6, 6.07) is 4.97. The first-order valence-electron chi connectivity index (χ1n) is 11.2. The van der Waals surface area contributed by atoms with Crippen LogP contribution in [-0.4, -0.2) is 28.0 Å². The van der Waals surface area contributed by atoms with E-state index in [4.69, 9.17) is 0 Å². The summed E-state index contributed by atoms with van der Waals surface area (Å²) < 4.78 is 57.1. The van der Waals surface area contributed by atoms with Crippen molar-refractivity contribution in [1.82, 2.24) is 9.88 Å². The van der Waals surface area contributed by atoms with E-state index in [-0.39, 0.29) is 17.9 Å². The fourth-order valence-corrected chi connectivity index (χ4v) is 4.82. The molecule has 11 heteroatoms. The van der Waals surface area contributed by atoms with Gasteiger partial charge in [-0.2, -0.15) is 0 Å². The topological polar surface area (TPSA) is 91.6 Å². The van der Waals surface area contributed by atoms with Crippen molar-refractivity contribution in [3.8, 4) is 5.75 Å². The van der Waals surface area contributed by atoms with Crippen LogP contribution in [0, 0.1) is 23.3 Å². The van der Waals surface area contributed by atoms with E-state index in [2.05, 4.69) is 5.32 Å². The summed E-state index contributed by atoms with van der Waals surface area (Å²) in [5, 5.41) is 12.9. The van der Waals surface area contributed by atoms with Crippen LogP contribution < -0.4 is 15.6 Å². The number of halogens is 4. The van der Waals surface area contributed by atoms with Crippen molar-refractivity contribution in [2.24, 2.45) is 0 Å². The Balaban J connectivity index is 1.54. The van der Waals surface area contributed by atoms with Gasteiger partial charge in [0.1, 0.15) is 28.8 Å². The highest BCUT2D eigenvalue weighted by molar-refractivity contribution is 6.08. The molecule has 2 aromatic carbocycles. The molecule has 0 radical (unpaired) electrons. The van der Waals surface area contributed by atoms with Gasteiger partial charge in [-0.25, -0.2) is 17.6 Å². The Kier molecular flexibility index (Phi) is 5.77. The lowest BCUT2D eigenvalue weighted by Crippen LogP contribution is -2.35. The molecule has 0 saturated carbocycles. The van der Waals surface area contributed by atoms with Crippen LogP contribution in [-0.2, 0) is 13.0 Å². The van der Waals surface area contributed by atoms with Crippen LogP contribution in [0.2, 0.25) is 0 Å². The molecule has 186 valence electrons. The minimum Gasteiger partial charge on any atom is -0.503 e. The van der Waals surface area contributed by atoms with Gasteiger partial charge in [0, 0.05) is 43.0 Å². The highest BCUT2D eigenvalue weighted by atomic mass is 19.1. The molecule has 36 heavy (non-hydrogen) atoms. The van der Waals surface area contributed by atoms with Gasteiger partial charge < -0.3 is 19.9 Å². The van der Waals surface area contributed by atoms with Crippen molar-refractivity contribution in [3.63, 3.8) is 0 Å². The fourth-order valence-electron chi connectivity index (χ4n) is 4.82. The van der Waals surface area contributed by atoms with Gasteiger partial charge in [0.2, 0.25) is 5.43 Å². The zero-order chi connectivity index (χ0) is 25.7. The molecule has 2 bridgehead atoms. The molecule has 7 nitrogen and oxygen atoms in total. The van der Waals surface area contributed by atoms with E-state index in [0.29, 0.717) is 37.0 Å². The Labute approximate surface area is 201 Å². The maximum atomic E-state index is 14.7. The molecule has 0 unspecified atom stereocenters. The number of aromatic hydroxyl groups is 1. The summed E-state index contributed by atoms with van der Waals surface area (Å²) in [6.07, 6.45) is 2.32. The summed E-state index contributed by atoms with van der Waals surface area (Å²) in [5.74, 6) is -6.99. The summed E-state index contributed by atoms with van der Waals surface area (Å²) in [5.41, 5.74) is -2.01. The van der Waals surface area contributed by atoms with Crippen LogP contribution in [0.3, 0.4) is 0 Å². The van der Waals surface area contributed by atoms with Crippen molar-refractivity contribution in [2.45, 2.75) is 31.8 Å². The zero-order valence-corrected chi connectivity index (χ0v) is 18.7. The third-order valence-corrected chi connectivity index (χ3v) is 6.60. The monoisotopic (exact) mass is 501 g/mol. The average molecular weight is 501 g/mol. The number of aryl methyl sites for hydroxylation is 1. The normalized spacial score (nSPS) is 16.6. The lowest BCUT2D eigenvalue weighted by molar-refractivity contribution is 0.0941. The SMILES string of the molecule is O=C(NCc1c(F)cc(F)cc1F)c1cn2c(c(O)c1=O)C(=O)N1CC[C@H]2CCc2cccc(F)c21. The number of amides is 2. The number of nitrogens with zero attached hydrogens (tertiary/aromatic N) is 2. The summed E-state index contributed by atoms with van der Waals surface area (Å²) in [7, 11) is 0. The van der Waals surface area contributed by atoms with Crippen LogP contribution in [0.25, 0.3) is 0 Å². The number of fused-ring (bicyclic) bond motifs is 7. The number of nitrogens with one attached hydrogen (secondary N) is 1. The number of carbonyl (C=O) groups is 2. The Hall–Kier alpha value is -4.15. The van der Waals surface area contributed by atoms with Crippen LogP contribution in [0.15, 0.2) is 41.3 Å². The first-order chi connectivity index (χ1) is 17.2. The molecule has 2 aliphatic heterocycles. The molecule has 1 aromatic heterocycles. The molecular formula is C25H19F4N3O4. The van der Waals surface area contributed by atoms with Gasteiger partial charge in [-0.1, -0.05) is 12.1 Å². The second-order valence-corrected chi connectivity index (χ2v) is 8.69. The summed E-state index contributed by atoms with van der Waals surface area (Å²) in [6.45, 7) is -0.569. The number of benzene rings is 2. The Bertz CT molecular complexity index is 1460. The van der Waals surface area contributed by atoms with Crippen molar-refractivity contribution in [3.05, 3.63) is 92.4 Å². The third-order valence-electron chi connectivity index (χ3n) is 6.60. The molecule has 0 spiro atoms. The molecule has 0 fully saturated rings. The molecule has 2 N–H and O–H groups in total. The lowest BCUT2D eigenvalue weighted by atomic mass is 9.98. The van der Waals surface area contributed by atoms with Crippen molar-refractivity contribution in [1.29, 1.82) is 0 Å². The molecule has 2 aliphatic rings. The average Bonchev–Trinajstić information content (AvgIpc) is 2.91. The largest absolute Gasteiger partial charge is 0.503 e. The minimum absolute atomic E-state index is 0.0893. The van der Waals surface area contributed by atoms with E-state index < -0.39 is 70.0 Å². The van der Waals surface area contributed by atoms with Crippen molar-refractivity contribution < 1.29 is 32.3 Å². The molecule has 3 heterocycles. The van der Waals surface area contributed by atoms with Crippen LogP contribution in [0.1, 0.15) is 50.9 Å². The number of pyridine rings is 1. The summed E-state index contributed by atoms with van der Waals surface area (Å²) in [4.78, 5) is 40.3. The van der Waals surface area contributed by atoms with Gasteiger partial charge in [-0.15, -0.1) is 0 Å². The number of carbonyl (C=O) groups excluding carboxylic acids is 2. The van der Waals surface area contributed by atoms with E-state index in [0.717, 1.165) is 6.20 Å². The molecule has 3 aromatic rings. The number of anilines is 1. The van der Waals surface area contributed by atoms with Crippen LogP contribution >= 0.6 is 0 Å². The maximum absolute atomic E-state index is 14.7. The third kappa shape index (κ3) is 3.80. The number of hydrogen-bond donors (Lipinski definition) is 2. The second-order valence-electron chi connectivity index (χ2n) is 8.69. The zero-order valence-electron chi connectivity index (χ0n) is 18.7. The highest BCUT2D eigenvalue weighted by Crippen LogP contribution is 2.37. The molecule has 5 rings (SSSR count). The van der Waals surface area contributed by atoms with Crippen LogP contribution in [0.4, 0.5) is 23.2 Å². The maximum Gasteiger partial charge on any atom is 0.279 e. The predicted octanol–water partition coefficient (Wildman–Crippen LogP) is 3.58. The van der Waals surface area contributed by atoms with Gasteiger partial charge in [0.05, 0.1) is 5.69 Å². The van der Waals surface area contributed by atoms with Crippen molar-refractivity contribution >= 4 is 17.5 Å². The van der Waals surface area contributed by atoms with Gasteiger partial charge >= 0.3 is 0 Å². The van der Waals surface area contributed by atoms with Crippen LogP contribution in [0.5, 0.6) is 5.75 Å². The molecular weight excluding hydrogens is 482 g/mol. The summed E-state index contributed by atoms with van der Waals surface area (Å²) >= 11 is 0. The Morgan fingerprint density at radius 1 is 1.06 bits per heavy atom. The smallest absolute Gasteiger partial charge is 0.279 e. The van der Waals surface area contributed by atoms with Gasteiger partial charge in [0.25, 0.3) is 11.8 Å². The highest BCUT2D eigenvalue weighted by Gasteiger charge is 2.37. The second kappa shape index (κ2) is 8.81. The van der Waals surface area contributed by atoms with E-state index in [9.17, 15) is 37.1 Å². The quantitative estimate of drug-likeness (QED) is 0.537. The Morgan fingerprint density at radius 3 is 2.50 bits per heavy atom. The lowest BCUT2D eigenvalue weighted by Gasteiger charge is -2.26.